The van der Waals surface area contributed by atoms with Crippen molar-refractivity contribution in [3.8, 4) is 11.5 Å². The first-order valence-electron chi connectivity index (χ1n) is 8.01. The van der Waals surface area contributed by atoms with Crippen molar-refractivity contribution in [3.63, 3.8) is 0 Å². The summed E-state index contributed by atoms with van der Waals surface area (Å²) in [6, 6.07) is 15.1. The van der Waals surface area contributed by atoms with E-state index in [4.69, 9.17) is 9.47 Å². The molecule has 2 aromatic rings. The summed E-state index contributed by atoms with van der Waals surface area (Å²) < 4.78 is 11.5. The zero-order valence-corrected chi connectivity index (χ0v) is 14.2. The van der Waals surface area contributed by atoms with Crippen LogP contribution in [0.3, 0.4) is 0 Å². The Labute approximate surface area is 142 Å². The maximum atomic E-state index is 13.0. The Morgan fingerprint density at radius 2 is 1.83 bits per heavy atom. The summed E-state index contributed by atoms with van der Waals surface area (Å²) in [6.07, 6.45) is 1.22. The molecule has 1 aliphatic heterocycles. The van der Waals surface area contributed by atoms with Crippen LogP contribution in [0.1, 0.15) is 24.2 Å². The minimum Gasteiger partial charge on any atom is -0.494 e. The van der Waals surface area contributed by atoms with Gasteiger partial charge in [-0.1, -0.05) is 30.3 Å². The molecule has 0 saturated heterocycles. The van der Waals surface area contributed by atoms with E-state index < -0.39 is 6.10 Å². The summed E-state index contributed by atoms with van der Waals surface area (Å²) >= 11 is 0. The lowest BCUT2D eigenvalue weighted by Crippen LogP contribution is -2.26. The van der Waals surface area contributed by atoms with E-state index in [0.717, 1.165) is 22.6 Å². The number of nitrogens with zero attached hydrogens (tertiary/aromatic N) is 1. The van der Waals surface area contributed by atoms with Crippen LogP contribution in [0.2, 0.25) is 0 Å². The second kappa shape index (κ2) is 6.79. The molecule has 1 atom stereocenters. The maximum absolute atomic E-state index is 13.0. The summed E-state index contributed by atoms with van der Waals surface area (Å²) in [7, 11) is 3.81. The number of ketones is 1. The van der Waals surface area contributed by atoms with Crippen molar-refractivity contribution in [2.45, 2.75) is 13.0 Å². The lowest BCUT2D eigenvalue weighted by Gasteiger charge is -2.28. The largest absolute Gasteiger partial charge is 0.494 e. The molecular formula is C20H21NO3. The Bertz CT molecular complexity index is 763. The lowest BCUT2D eigenvalue weighted by molar-refractivity contribution is -0.121. The van der Waals surface area contributed by atoms with Crippen LogP contribution >= 0.6 is 0 Å². The first-order chi connectivity index (χ1) is 11.6. The quantitative estimate of drug-likeness (QED) is 0.805. The first-order valence-corrected chi connectivity index (χ1v) is 8.01. The number of hydrogen-bond donors (Lipinski definition) is 0. The Morgan fingerprint density at radius 3 is 2.50 bits per heavy atom. The Hall–Kier alpha value is -2.75. The van der Waals surface area contributed by atoms with Crippen molar-refractivity contribution >= 4 is 11.4 Å². The molecule has 0 radical (unpaired) electrons. The summed E-state index contributed by atoms with van der Waals surface area (Å²) in [4.78, 5) is 14.9. The van der Waals surface area contributed by atoms with Crippen LogP contribution in [0.5, 0.6) is 11.5 Å². The molecule has 1 heterocycles. The van der Waals surface area contributed by atoms with E-state index in [1.165, 1.54) is 0 Å². The highest BCUT2D eigenvalue weighted by Gasteiger charge is 2.33. The van der Waals surface area contributed by atoms with Gasteiger partial charge in [-0.05, 0) is 25.1 Å². The van der Waals surface area contributed by atoms with Crippen LogP contribution in [0.15, 0.2) is 54.7 Å². The van der Waals surface area contributed by atoms with Gasteiger partial charge in [0, 0.05) is 37.0 Å². The maximum Gasteiger partial charge on any atom is 0.210 e. The molecule has 1 unspecified atom stereocenters. The van der Waals surface area contributed by atoms with Gasteiger partial charge in [0.25, 0.3) is 0 Å². The number of ether oxygens (including phenoxy) is 2. The van der Waals surface area contributed by atoms with Gasteiger partial charge < -0.3 is 14.4 Å². The van der Waals surface area contributed by atoms with Crippen LogP contribution < -0.4 is 9.47 Å². The first kappa shape index (κ1) is 16.1. The van der Waals surface area contributed by atoms with Crippen LogP contribution in [-0.4, -0.2) is 31.4 Å². The number of carbonyl (C=O) groups excluding carboxylic acids is 1. The van der Waals surface area contributed by atoms with Gasteiger partial charge >= 0.3 is 0 Å². The molecule has 124 valence electrons. The van der Waals surface area contributed by atoms with E-state index in [1.54, 1.807) is 0 Å². The van der Waals surface area contributed by atoms with Crippen LogP contribution in [0.4, 0.5) is 0 Å². The minimum atomic E-state index is -0.637. The molecule has 3 rings (SSSR count). The number of para-hydroxylation sites is 1. The molecule has 2 aromatic carbocycles. The topological polar surface area (TPSA) is 38.8 Å². The minimum absolute atomic E-state index is 0.0356. The van der Waals surface area contributed by atoms with Crippen LogP contribution in [-0.2, 0) is 4.79 Å². The third-order valence-electron chi connectivity index (χ3n) is 3.81. The SMILES string of the molecule is CCOc1ccc(C2Oc3ccccc3C(=CN(C)C)C2=O)cc1. The average molecular weight is 323 g/mol. The van der Waals surface area contributed by atoms with Gasteiger partial charge in [0.1, 0.15) is 11.5 Å². The van der Waals surface area contributed by atoms with Gasteiger partial charge in [-0.25, -0.2) is 0 Å². The molecule has 0 fully saturated rings. The van der Waals surface area contributed by atoms with E-state index in [9.17, 15) is 4.79 Å². The van der Waals surface area contributed by atoms with Crippen LogP contribution in [0.25, 0.3) is 5.57 Å². The summed E-state index contributed by atoms with van der Waals surface area (Å²) in [5, 5.41) is 0. The molecule has 24 heavy (non-hydrogen) atoms. The zero-order valence-electron chi connectivity index (χ0n) is 14.2. The van der Waals surface area contributed by atoms with Crippen LogP contribution in [0, 0.1) is 0 Å². The predicted molar refractivity (Wildman–Crippen MR) is 94.1 cm³/mol. The van der Waals surface area contributed by atoms with Crippen molar-refractivity contribution < 1.29 is 14.3 Å². The summed E-state index contributed by atoms with van der Waals surface area (Å²) in [6.45, 7) is 2.55. The second-order valence-electron chi connectivity index (χ2n) is 5.87. The number of carbonyl (C=O) groups is 1. The van der Waals surface area contributed by atoms with E-state index in [0.29, 0.717) is 12.2 Å². The lowest BCUT2D eigenvalue weighted by atomic mass is 9.91. The van der Waals surface area contributed by atoms with Gasteiger partial charge in [0.05, 0.1) is 6.61 Å². The van der Waals surface area contributed by atoms with Crippen molar-refractivity contribution in [3.05, 3.63) is 65.9 Å². The highest BCUT2D eigenvalue weighted by molar-refractivity contribution is 6.24. The van der Waals surface area contributed by atoms with E-state index in [-0.39, 0.29) is 5.78 Å². The standard InChI is InChI=1S/C20H21NO3/c1-4-23-15-11-9-14(10-12-15)20-19(22)17(13-21(2)3)16-7-5-6-8-18(16)24-20/h5-13,20H,4H2,1-3H3. The van der Waals surface area contributed by atoms with Crippen molar-refractivity contribution in [2.75, 3.05) is 20.7 Å². The second-order valence-corrected chi connectivity index (χ2v) is 5.87. The Kier molecular flexibility index (Phi) is 4.56. The molecule has 0 N–H and O–H groups in total. The molecule has 0 bridgehead atoms. The highest BCUT2D eigenvalue weighted by atomic mass is 16.5. The molecule has 0 saturated carbocycles. The highest BCUT2D eigenvalue weighted by Crippen LogP contribution is 2.39. The van der Waals surface area contributed by atoms with Gasteiger partial charge in [0.15, 0.2) is 6.10 Å². The molecule has 0 spiro atoms. The smallest absolute Gasteiger partial charge is 0.210 e. The summed E-state index contributed by atoms with van der Waals surface area (Å²) in [5.41, 5.74) is 2.32. The van der Waals surface area contributed by atoms with E-state index in [1.807, 2.05) is 80.6 Å². The molecule has 0 aromatic heterocycles. The average Bonchev–Trinajstić information content (AvgIpc) is 2.58. The van der Waals surface area contributed by atoms with Crippen molar-refractivity contribution in [1.82, 2.24) is 4.90 Å². The fourth-order valence-electron chi connectivity index (χ4n) is 2.76. The van der Waals surface area contributed by atoms with Crippen molar-refractivity contribution in [2.24, 2.45) is 0 Å². The number of fused-ring (bicyclic) bond motifs is 1. The monoisotopic (exact) mass is 323 g/mol. The number of rotatable bonds is 4. The number of benzene rings is 2. The third kappa shape index (κ3) is 3.13. The molecule has 4 nitrogen and oxygen atoms in total. The molecule has 0 aliphatic carbocycles. The molecule has 1 aliphatic rings. The molecule has 0 amide bonds. The van der Waals surface area contributed by atoms with E-state index >= 15 is 0 Å². The third-order valence-corrected chi connectivity index (χ3v) is 3.81. The fourth-order valence-corrected chi connectivity index (χ4v) is 2.76. The van der Waals surface area contributed by atoms with E-state index in [2.05, 4.69) is 0 Å². The zero-order chi connectivity index (χ0) is 17.1. The predicted octanol–water partition coefficient (Wildman–Crippen LogP) is 3.69. The van der Waals surface area contributed by atoms with Gasteiger partial charge in [-0.3, -0.25) is 4.79 Å². The van der Waals surface area contributed by atoms with Gasteiger partial charge in [0.2, 0.25) is 5.78 Å². The van der Waals surface area contributed by atoms with Gasteiger partial charge in [-0.2, -0.15) is 0 Å². The number of Topliss-reactive ketones (excluding diaryl/α,β-unsaturated/α-hetero) is 1. The molecular weight excluding hydrogens is 302 g/mol. The fraction of sp³-hybridized carbons (Fsp3) is 0.250. The van der Waals surface area contributed by atoms with Gasteiger partial charge in [-0.15, -0.1) is 0 Å². The summed E-state index contributed by atoms with van der Waals surface area (Å²) in [5.74, 6) is 1.48. The number of hydrogen-bond acceptors (Lipinski definition) is 4. The van der Waals surface area contributed by atoms with Crippen molar-refractivity contribution in [1.29, 1.82) is 0 Å². The molecule has 4 heteroatoms. The Morgan fingerprint density at radius 1 is 1.12 bits per heavy atom. The normalized spacial score (nSPS) is 18.0. The Balaban J connectivity index is 2.00.